The summed E-state index contributed by atoms with van der Waals surface area (Å²) in [6.45, 7) is 0.738. The van der Waals surface area contributed by atoms with Crippen LogP contribution in [0.2, 0.25) is 0 Å². The second-order valence-corrected chi connectivity index (χ2v) is 12.6. The Labute approximate surface area is 296 Å². The molecular weight excluding hydrogens is 700 g/mol. The molecule has 268 valence electrons. The summed E-state index contributed by atoms with van der Waals surface area (Å²) >= 11 is 0. The van der Waals surface area contributed by atoms with Gasteiger partial charge in [0.1, 0.15) is 17.4 Å². The second-order valence-electron chi connectivity index (χ2n) is 11.5. The summed E-state index contributed by atoms with van der Waals surface area (Å²) in [5, 5.41) is 0.588. The summed E-state index contributed by atoms with van der Waals surface area (Å²) in [5.41, 5.74) is 0.368. The Morgan fingerprint density at radius 1 is 0.692 bits per heavy atom. The lowest BCUT2D eigenvalue weighted by atomic mass is 9.97. The van der Waals surface area contributed by atoms with E-state index in [4.69, 9.17) is 28.1 Å². The van der Waals surface area contributed by atoms with Crippen molar-refractivity contribution in [1.29, 1.82) is 0 Å². The van der Waals surface area contributed by atoms with Crippen LogP contribution in [-0.2, 0) is 33.5 Å². The van der Waals surface area contributed by atoms with E-state index < -0.39 is 71.2 Å². The molecule has 0 bridgehead atoms. The summed E-state index contributed by atoms with van der Waals surface area (Å²) in [6, 6.07) is 29.0. The zero-order valence-corrected chi connectivity index (χ0v) is 28.0. The number of esters is 3. The van der Waals surface area contributed by atoms with Gasteiger partial charge in [-0.3, -0.25) is 4.55 Å². The third-order valence-electron chi connectivity index (χ3n) is 7.91. The summed E-state index contributed by atoms with van der Waals surface area (Å²) in [4.78, 5) is 52.8. The minimum Gasteiger partial charge on any atom is -0.461 e. The molecule has 1 aromatic heterocycles. The van der Waals surface area contributed by atoms with Crippen LogP contribution in [0.3, 0.4) is 0 Å². The van der Waals surface area contributed by atoms with Crippen LogP contribution >= 0.6 is 0 Å². The van der Waals surface area contributed by atoms with Crippen LogP contribution in [0.15, 0.2) is 124 Å². The standard InChI is InChI=1S/C37H30O14S/c1-22-19-30(38)47-28-20-26(17-18-27(22)28)46-37-33(51-36(41)25-15-9-4-10-16-25)32(50-35(40)24-13-7-3-8-14-24)31(29(48-37)21-45-52(42,43)44)49-34(39)23-11-5-2-6-12-23/h2-20,29,31-33,37H,21H2,1H3,(H,42,43,44)/t29?,31-,32+,33?,37+/m0/s1. The molecule has 2 unspecified atom stereocenters. The van der Waals surface area contributed by atoms with Crippen LogP contribution in [0.1, 0.15) is 36.6 Å². The molecule has 1 aliphatic heterocycles. The van der Waals surface area contributed by atoms with Gasteiger partial charge in [0.05, 0.1) is 23.3 Å². The number of hydrogen-bond acceptors (Lipinski definition) is 13. The van der Waals surface area contributed by atoms with Crippen LogP contribution in [0.4, 0.5) is 0 Å². The molecule has 15 heteroatoms. The van der Waals surface area contributed by atoms with Crippen molar-refractivity contribution in [3.63, 3.8) is 0 Å². The van der Waals surface area contributed by atoms with E-state index in [1.165, 1.54) is 54.6 Å². The second kappa shape index (κ2) is 15.6. The molecule has 0 amide bonds. The van der Waals surface area contributed by atoms with Gasteiger partial charge >= 0.3 is 33.9 Å². The molecule has 5 atom stereocenters. The molecule has 0 spiro atoms. The van der Waals surface area contributed by atoms with E-state index >= 15 is 0 Å². The minimum atomic E-state index is -5.08. The van der Waals surface area contributed by atoms with Gasteiger partial charge in [0.25, 0.3) is 0 Å². The first-order chi connectivity index (χ1) is 24.9. The van der Waals surface area contributed by atoms with E-state index in [-0.39, 0.29) is 28.0 Å². The van der Waals surface area contributed by atoms with Crippen molar-refractivity contribution in [2.45, 2.75) is 37.6 Å². The third-order valence-corrected chi connectivity index (χ3v) is 8.34. The van der Waals surface area contributed by atoms with Crippen LogP contribution in [0.25, 0.3) is 11.0 Å². The summed E-state index contributed by atoms with van der Waals surface area (Å²) in [6.07, 6.45) is -8.55. The van der Waals surface area contributed by atoms with Gasteiger partial charge in [0.2, 0.25) is 12.4 Å². The summed E-state index contributed by atoms with van der Waals surface area (Å²) < 4.78 is 72.8. The van der Waals surface area contributed by atoms with E-state index in [0.717, 1.165) is 0 Å². The molecule has 5 aromatic rings. The first-order valence-electron chi connectivity index (χ1n) is 15.7. The lowest BCUT2D eigenvalue weighted by Crippen LogP contribution is -2.63. The van der Waals surface area contributed by atoms with Crippen molar-refractivity contribution in [2.24, 2.45) is 0 Å². The number of aryl methyl sites for hydroxylation is 1. The minimum absolute atomic E-state index is 0.0225. The van der Waals surface area contributed by atoms with E-state index in [9.17, 15) is 32.1 Å². The number of rotatable bonds is 11. The van der Waals surface area contributed by atoms with E-state index in [1.807, 2.05) is 0 Å². The molecule has 52 heavy (non-hydrogen) atoms. The average Bonchev–Trinajstić information content (AvgIpc) is 3.13. The third kappa shape index (κ3) is 8.70. The average molecular weight is 731 g/mol. The fraction of sp³-hybridized carbons (Fsp3) is 0.189. The van der Waals surface area contributed by atoms with Gasteiger partial charge in [-0.05, 0) is 61.0 Å². The van der Waals surface area contributed by atoms with Crippen molar-refractivity contribution < 1.29 is 59.6 Å². The maximum atomic E-state index is 13.6. The zero-order valence-electron chi connectivity index (χ0n) is 27.2. The molecule has 1 N–H and O–H groups in total. The fourth-order valence-corrected chi connectivity index (χ4v) is 5.78. The number of carbonyl (C=O) groups excluding carboxylic acids is 3. The summed E-state index contributed by atoms with van der Waals surface area (Å²) in [5.74, 6) is -2.77. The van der Waals surface area contributed by atoms with E-state index in [2.05, 4.69) is 4.18 Å². The Hall–Kier alpha value is -5.87. The molecular formula is C37H30O14S. The number of ether oxygens (including phenoxy) is 5. The van der Waals surface area contributed by atoms with Crippen LogP contribution in [0.5, 0.6) is 5.75 Å². The number of hydrogen-bond donors (Lipinski definition) is 1. The molecule has 6 rings (SSSR count). The molecule has 4 aromatic carbocycles. The molecule has 1 fully saturated rings. The highest BCUT2D eigenvalue weighted by molar-refractivity contribution is 7.80. The van der Waals surface area contributed by atoms with Crippen molar-refractivity contribution in [3.05, 3.63) is 148 Å². The Kier molecular flexibility index (Phi) is 10.8. The van der Waals surface area contributed by atoms with Crippen molar-refractivity contribution in [1.82, 2.24) is 0 Å². The predicted molar refractivity (Wildman–Crippen MR) is 181 cm³/mol. The molecule has 1 aliphatic rings. The largest absolute Gasteiger partial charge is 0.461 e. The zero-order chi connectivity index (χ0) is 36.8. The number of carbonyl (C=O) groups is 3. The van der Waals surface area contributed by atoms with Gasteiger partial charge in [-0.25, -0.2) is 23.4 Å². The maximum absolute atomic E-state index is 13.6. The van der Waals surface area contributed by atoms with Crippen LogP contribution < -0.4 is 10.4 Å². The van der Waals surface area contributed by atoms with E-state index in [1.54, 1.807) is 67.6 Å². The molecule has 0 radical (unpaired) electrons. The van der Waals surface area contributed by atoms with Gasteiger partial charge in [-0.2, -0.15) is 8.42 Å². The molecule has 14 nitrogen and oxygen atoms in total. The van der Waals surface area contributed by atoms with Crippen molar-refractivity contribution >= 4 is 39.3 Å². The lowest BCUT2D eigenvalue weighted by molar-refractivity contribution is -0.274. The number of benzene rings is 4. The molecule has 0 saturated carbocycles. The normalized spacial score (nSPS) is 20.1. The van der Waals surface area contributed by atoms with Gasteiger partial charge in [0.15, 0.2) is 12.2 Å². The maximum Gasteiger partial charge on any atom is 0.397 e. The van der Waals surface area contributed by atoms with Crippen LogP contribution in [-0.4, -0.2) is 68.2 Å². The fourth-order valence-electron chi connectivity index (χ4n) is 5.47. The highest BCUT2D eigenvalue weighted by atomic mass is 32.3. The lowest BCUT2D eigenvalue weighted by Gasteiger charge is -2.44. The van der Waals surface area contributed by atoms with Gasteiger partial charge in [0, 0.05) is 17.5 Å². The van der Waals surface area contributed by atoms with Gasteiger partial charge < -0.3 is 28.1 Å². The van der Waals surface area contributed by atoms with Crippen molar-refractivity contribution in [2.75, 3.05) is 6.61 Å². The smallest absolute Gasteiger partial charge is 0.397 e. The van der Waals surface area contributed by atoms with E-state index in [0.29, 0.717) is 10.9 Å². The Bertz CT molecular complexity index is 2220. The highest BCUT2D eigenvalue weighted by Gasteiger charge is 2.54. The van der Waals surface area contributed by atoms with Gasteiger partial charge in [-0.1, -0.05) is 54.6 Å². The quantitative estimate of drug-likeness (QED) is 0.0851. The monoisotopic (exact) mass is 730 g/mol. The first kappa shape index (κ1) is 35.9. The number of fused-ring (bicyclic) bond motifs is 1. The molecule has 1 saturated heterocycles. The Morgan fingerprint density at radius 2 is 1.19 bits per heavy atom. The van der Waals surface area contributed by atoms with Crippen LogP contribution in [0, 0.1) is 6.92 Å². The Morgan fingerprint density at radius 3 is 1.71 bits per heavy atom. The first-order valence-corrected chi connectivity index (χ1v) is 17.1. The predicted octanol–water partition coefficient (Wildman–Crippen LogP) is 4.70. The topological polar surface area (TPSA) is 191 Å². The van der Waals surface area contributed by atoms with Crippen molar-refractivity contribution in [3.8, 4) is 5.75 Å². The SMILES string of the molecule is Cc1cc(=O)oc2cc(O[C@@H]3OC(COS(=O)(=O)O)[C@H](OC(=O)c4ccccc4)[C@@H](OC(=O)c4ccccc4)C3OC(=O)c3ccccc3)ccc12. The molecule has 0 aliphatic carbocycles. The summed E-state index contributed by atoms with van der Waals surface area (Å²) in [7, 11) is -5.08. The Balaban J connectivity index is 1.46. The molecule has 2 heterocycles. The highest BCUT2D eigenvalue weighted by Crippen LogP contribution is 2.33. The van der Waals surface area contributed by atoms with Gasteiger partial charge in [-0.15, -0.1) is 0 Å².